The molecule has 0 saturated carbocycles. The predicted molar refractivity (Wildman–Crippen MR) is 114 cm³/mol. The van der Waals surface area contributed by atoms with E-state index in [9.17, 15) is 9.59 Å². The van der Waals surface area contributed by atoms with E-state index in [2.05, 4.69) is 26.6 Å². The molecule has 2 N–H and O–H groups in total. The Hall–Kier alpha value is -3.06. The Morgan fingerprint density at radius 3 is 2.66 bits per heavy atom. The quantitative estimate of drug-likeness (QED) is 0.519. The van der Waals surface area contributed by atoms with Crippen molar-refractivity contribution in [1.82, 2.24) is 5.32 Å². The van der Waals surface area contributed by atoms with Gasteiger partial charge in [0.05, 0.1) is 6.04 Å². The van der Waals surface area contributed by atoms with E-state index in [0.29, 0.717) is 17.2 Å². The van der Waals surface area contributed by atoms with E-state index in [4.69, 9.17) is 9.15 Å². The lowest BCUT2D eigenvalue weighted by molar-refractivity contribution is -0.114. The average Bonchev–Trinajstić information content (AvgIpc) is 3.15. The minimum Gasteiger partial charge on any atom is -0.486 e. The fraction of sp³-hybridized carbons (Fsp3) is 0.182. The molecule has 0 fully saturated rings. The van der Waals surface area contributed by atoms with Crippen molar-refractivity contribution in [2.24, 2.45) is 0 Å². The predicted octanol–water partition coefficient (Wildman–Crippen LogP) is 5.07. The Morgan fingerprint density at radius 1 is 1.10 bits per heavy atom. The number of nitrogens with one attached hydrogen (secondary N) is 2. The molecule has 6 nitrogen and oxygen atoms in total. The van der Waals surface area contributed by atoms with E-state index in [0.717, 1.165) is 10.0 Å². The van der Waals surface area contributed by atoms with Crippen LogP contribution in [-0.2, 0) is 11.4 Å². The zero-order valence-corrected chi connectivity index (χ0v) is 17.7. The maximum absolute atomic E-state index is 12.5. The molecule has 1 unspecified atom stereocenters. The summed E-state index contributed by atoms with van der Waals surface area (Å²) >= 11 is 3.39. The maximum atomic E-state index is 12.5. The van der Waals surface area contributed by atoms with Crippen LogP contribution in [0, 0.1) is 0 Å². The Bertz CT molecular complexity index is 1020. The van der Waals surface area contributed by atoms with Gasteiger partial charge in [-0.2, -0.15) is 0 Å². The third kappa shape index (κ3) is 5.96. The third-order valence-corrected chi connectivity index (χ3v) is 4.61. The number of carbonyl (C=O) groups excluding carboxylic acids is 2. The van der Waals surface area contributed by atoms with Gasteiger partial charge in [-0.05, 0) is 55.0 Å². The first kappa shape index (κ1) is 20.7. The number of ether oxygens (including phenoxy) is 1. The Kier molecular flexibility index (Phi) is 6.72. The molecular weight excluding hydrogens is 436 g/mol. The lowest BCUT2D eigenvalue weighted by Crippen LogP contribution is -2.26. The van der Waals surface area contributed by atoms with Crippen LogP contribution in [0.15, 0.2) is 69.6 Å². The highest BCUT2D eigenvalue weighted by molar-refractivity contribution is 9.10. The molecule has 0 aliphatic carbocycles. The number of anilines is 1. The topological polar surface area (TPSA) is 80.6 Å². The van der Waals surface area contributed by atoms with Gasteiger partial charge >= 0.3 is 0 Å². The molecule has 29 heavy (non-hydrogen) atoms. The van der Waals surface area contributed by atoms with Gasteiger partial charge in [-0.1, -0.05) is 34.1 Å². The van der Waals surface area contributed by atoms with E-state index < -0.39 is 0 Å². The Labute approximate surface area is 177 Å². The van der Waals surface area contributed by atoms with E-state index in [1.165, 1.54) is 6.92 Å². The van der Waals surface area contributed by atoms with Crippen LogP contribution in [0.25, 0.3) is 0 Å². The number of hydrogen-bond donors (Lipinski definition) is 2. The molecule has 0 saturated heterocycles. The van der Waals surface area contributed by atoms with Crippen molar-refractivity contribution in [3.8, 4) is 5.75 Å². The van der Waals surface area contributed by atoms with Gasteiger partial charge < -0.3 is 19.8 Å². The lowest BCUT2D eigenvalue weighted by Gasteiger charge is -2.14. The third-order valence-electron chi connectivity index (χ3n) is 4.12. The smallest absolute Gasteiger partial charge is 0.287 e. The highest BCUT2D eigenvalue weighted by atomic mass is 79.9. The molecule has 0 aliphatic rings. The molecule has 0 bridgehead atoms. The minimum absolute atomic E-state index is 0.146. The summed E-state index contributed by atoms with van der Waals surface area (Å²) in [5.74, 6) is 0.996. The zero-order valence-electron chi connectivity index (χ0n) is 16.1. The van der Waals surface area contributed by atoms with Gasteiger partial charge in [-0.25, -0.2) is 0 Å². The van der Waals surface area contributed by atoms with Crippen molar-refractivity contribution < 1.29 is 18.7 Å². The van der Waals surface area contributed by atoms with Crippen LogP contribution in [0.2, 0.25) is 0 Å². The maximum Gasteiger partial charge on any atom is 0.287 e. The highest BCUT2D eigenvalue weighted by Crippen LogP contribution is 2.21. The van der Waals surface area contributed by atoms with Gasteiger partial charge in [-0.3, -0.25) is 9.59 Å². The molecule has 1 atom stereocenters. The summed E-state index contributed by atoms with van der Waals surface area (Å²) in [4.78, 5) is 23.7. The van der Waals surface area contributed by atoms with Gasteiger partial charge in [0.1, 0.15) is 18.1 Å². The molecule has 3 aromatic rings. The number of furan rings is 1. The number of benzene rings is 2. The molecule has 2 amide bonds. The van der Waals surface area contributed by atoms with Crippen LogP contribution in [0.4, 0.5) is 5.69 Å². The van der Waals surface area contributed by atoms with Gasteiger partial charge in [0.15, 0.2) is 5.76 Å². The lowest BCUT2D eigenvalue weighted by atomic mass is 10.1. The summed E-state index contributed by atoms with van der Waals surface area (Å²) in [6.45, 7) is 3.54. The molecular formula is C22H21BrN2O4. The Morgan fingerprint density at radius 2 is 1.90 bits per heavy atom. The summed E-state index contributed by atoms with van der Waals surface area (Å²) in [6, 6.07) is 17.9. The number of halogens is 1. The monoisotopic (exact) mass is 456 g/mol. The highest BCUT2D eigenvalue weighted by Gasteiger charge is 2.16. The fourth-order valence-electron chi connectivity index (χ4n) is 2.73. The zero-order chi connectivity index (χ0) is 20.8. The van der Waals surface area contributed by atoms with Crippen molar-refractivity contribution >= 4 is 33.4 Å². The molecule has 0 aliphatic heterocycles. The van der Waals surface area contributed by atoms with Gasteiger partial charge in [-0.15, -0.1) is 0 Å². The van der Waals surface area contributed by atoms with Crippen LogP contribution in [-0.4, -0.2) is 11.8 Å². The van der Waals surface area contributed by atoms with Crippen LogP contribution in [0.3, 0.4) is 0 Å². The van der Waals surface area contributed by atoms with Crippen LogP contribution < -0.4 is 15.4 Å². The summed E-state index contributed by atoms with van der Waals surface area (Å²) in [7, 11) is 0. The molecule has 7 heteroatoms. The summed E-state index contributed by atoms with van der Waals surface area (Å²) in [5, 5.41) is 5.63. The molecule has 150 valence electrons. The largest absolute Gasteiger partial charge is 0.486 e. The van der Waals surface area contributed by atoms with Crippen LogP contribution in [0.5, 0.6) is 5.75 Å². The second-order valence-corrected chi connectivity index (χ2v) is 7.43. The molecule has 1 heterocycles. The van der Waals surface area contributed by atoms with Gasteiger partial charge in [0.2, 0.25) is 5.91 Å². The average molecular weight is 457 g/mol. The minimum atomic E-state index is -0.323. The number of rotatable bonds is 7. The van der Waals surface area contributed by atoms with Crippen LogP contribution >= 0.6 is 15.9 Å². The standard InChI is InChI=1S/C22H21BrN2O4/c1-14(16-5-3-7-18(11-16)25-15(2)26)24-22(27)21-10-9-20(29-21)13-28-19-8-4-6-17(23)12-19/h3-12,14H,13H2,1-2H3,(H,24,27)(H,25,26). The van der Waals surface area contributed by atoms with Crippen molar-refractivity contribution in [1.29, 1.82) is 0 Å². The number of carbonyl (C=O) groups is 2. The summed E-state index contributed by atoms with van der Waals surface area (Å²) in [5.41, 5.74) is 1.55. The molecule has 2 aromatic carbocycles. The van der Waals surface area contributed by atoms with Crippen molar-refractivity contribution in [3.63, 3.8) is 0 Å². The second-order valence-electron chi connectivity index (χ2n) is 6.51. The first-order valence-electron chi connectivity index (χ1n) is 9.06. The van der Waals surface area contributed by atoms with Gasteiger partial charge in [0.25, 0.3) is 5.91 Å². The van der Waals surface area contributed by atoms with Crippen molar-refractivity contribution in [2.45, 2.75) is 26.5 Å². The van der Waals surface area contributed by atoms with Crippen molar-refractivity contribution in [3.05, 3.63) is 82.2 Å². The normalized spacial score (nSPS) is 11.6. The molecule has 3 rings (SSSR count). The first-order chi connectivity index (χ1) is 13.9. The second kappa shape index (κ2) is 9.43. The van der Waals surface area contributed by atoms with E-state index in [1.54, 1.807) is 18.2 Å². The van der Waals surface area contributed by atoms with Crippen LogP contribution in [0.1, 0.15) is 41.8 Å². The summed E-state index contributed by atoms with van der Waals surface area (Å²) < 4.78 is 12.2. The molecule has 1 aromatic heterocycles. The van der Waals surface area contributed by atoms with Crippen molar-refractivity contribution in [2.75, 3.05) is 5.32 Å². The SMILES string of the molecule is CC(=O)Nc1cccc(C(C)NC(=O)c2ccc(COc3cccc(Br)c3)o2)c1. The van der Waals surface area contributed by atoms with E-state index in [-0.39, 0.29) is 30.2 Å². The van der Waals surface area contributed by atoms with E-state index in [1.807, 2.05) is 49.4 Å². The molecule has 0 spiro atoms. The number of amides is 2. The Balaban J connectivity index is 1.59. The van der Waals surface area contributed by atoms with E-state index >= 15 is 0 Å². The summed E-state index contributed by atoms with van der Waals surface area (Å²) in [6.07, 6.45) is 0. The fourth-order valence-corrected chi connectivity index (χ4v) is 3.11. The number of hydrogen-bond acceptors (Lipinski definition) is 4. The molecule has 0 radical (unpaired) electrons. The first-order valence-corrected chi connectivity index (χ1v) is 9.85. The van der Waals surface area contributed by atoms with Gasteiger partial charge in [0, 0.05) is 17.1 Å².